The second-order valence-corrected chi connectivity index (χ2v) is 7.12. The number of anilines is 1. The summed E-state index contributed by atoms with van der Waals surface area (Å²) in [5.41, 5.74) is 1.67. The van der Waals surface area contributed by atoms with Crippen molar-refractivity contribution in [1.29, 1.82) is 0 Å². The highest BCUT2D eigenvalue weighted by atomic mass is 16.2. The van der Waals surface area contributed by atoms with E-state index in [9.17, 15) is 4.79 Å². The van der Waals surface area contributed by atoms with Crippen LogP contribution in [-0.2, 0) is 0 Å². The Morgan fingerprint density at radius 2 is 1.96 bits per heavy atom. The number of hydrogen-bond donors (Lipinski definition) is 0. The summed E-state index contributed by atoms with van der Waals surface area (Å²) >= 11 is 0. The Balaban J connectivity index is 1.69. The van der Waals surface area contributed by atoms with E-state index in [1.54, 1.807) is 6.33 Å². The van der Waals surface area contributed by atoms with Crippen LogP contribution in [0.2, 0.25) is 0 Å². The first kappa shape index (κ1) is 15.4. The molecule has 24 heavy (non-hydrogen) atoms. The van der Waals surface area contributed by atoms with Crippen LogP contribution in [0.25, 0.3) is 10.9 Å². The fraction of sp³-hybridized carbons (Fsp3) is 0.526. The highest BCUT2D eigenvalue weighted by molar-refractivity contribution is 6.00. The number of aromatic nitrogens is 2. The van der Waals surface area contributed by atoms with Crippen molar-refractivity contribution in [2.75, 3.05) is 31.1 Å². The lowest BCUT2D eigenvalue weighted by atomic mass is 9.99. The van der Waals surface area contributed by atoms with Gasteiger partial charge in [0, 0.05) is 37.1 Å². The predicted octanol–water partition coefficient (Wildman–Crippen LogP) is 3.10. The SMILES string of the molecule is CC1CCCN(C(=O)c2ccc3ncnc(N4CCCC4)c3c2)C1. The van der Waals surface area contributed by atoms with Gasteiger partial charge >= 0.3 is 0 Å². The molecule has 0 spiro atoms. The van der Waals surface area contributed by atoms with Crippen LogP contribution >= 0.6 is 0 Å². The van der Waals surface area contributed by atoms with Crippen molar-refractivity contribution in [1.82, 2.24) is 14.9 Å². The third-order valence-electron chi connectivity index (χ3n) is 5.21. The average Bonchev–Trinajstić information content (AvgIpc) is 3.14. The lowest BCUT2D eigenvalue weighted by molar-refractivity contribution is 0.0683. The summed E-state index contributed by atoms with van der Waals surface area (Å²) in [5, 5.41) is 0.996. The molecule has 0 saturated carbocycles. The summed E-state index contributed by atoms with van der Waals surface area (Å²) in [6, 6.07) is 5.85. The summed E-state index contributed by atoms with van der Waals surface area (Å²) in [6.45, 7) is 6.02. The van der Waals surface area contributed by atoms with E-state index in [-0.39, 0.29) is 5.91 Å². The minimum atomic E-state index is 0.139. The smallest absolute Gasteiger partial charge is 0.253 e. The van der Waals surface area contributed by atoms with Crippen LogP contribution in [0.4, 0.5) is 5.82 Å². The fourth-order valence-electron chi connectivity index (χ4n) is 3.91. The summed E-state index contributed by atoms with van der Waals surface area (Å²) in [4.78, 5) is 26.1. The quantitative estimate of drug-likeness (QED) is 0.852. The average molecular weight is 324 g/mol. The number of rotatable bonds is 2. The van der Waals surface area contributed by atoms with Gasteiger partial charge < -0.3 is 9.80 Å². The molecule has 0 radical (unpaired) electrons. The predicted molar refractivity (Wildman–Crippen MR) is 95.3 cm³/mol. The summed E-state index contributed by atoms with van der Waals surface area (Å²) < 4.78 is 0. The first-order valence-corrected chi connectivity index (χ1v) is 9.01. The first-order valence-electron chi connectivity index (χ1n) is 9.01. The van der Waals surface area contributed by atoms with Gasteiger partial charge in [0.05, 0.1) is 5.52 Å². The second kappa shape index (κ2) is 6.38. The number of benzene rings is 1. The van der Waals surface area contributed by atoms with Gasteiger partial charge in [-0.1, -0.05) is 6.92 Å². The van der Waals surface area contributed by atoms with Crippen molar-refractivity contribution in [3.05, 3.63) is 30.1 Å². The zero-order valence-corrected chi connectivity index (χ0v) is 14.2. The number of piperidine rings is 1. The molecule has 1 amide bonds. The van der Waals surface area contributed by atoms with Gasteiger partial charge in [-0.2, -0.15) is 0 Å². The monoisotopic (exact) mass is 324 g/mol. The van der Waals surface area contributed by atoms with Crippen molar-refractivity contribution in [2.45, 2.75) is 32.6 Å². The van der Waals surface area contributed by atoms with Gasteiger partial charge in [0.2, 0.25) is 0 Å². The van der Waals surface area contributed by atoms with Crippen LogP contribution in [0.5, 0.6) is 0 Å². The van der Waals surface area contributed by atoms with Crippen molar-refractivity contribution < 1.29 is 4.79 Å². The van der Waals surface area contributed by atoms with Crippen LogP contribution in [0.15, 0.2) is 24.5 Å². The van der Waals surface area contributed by atoms with Crippen LogP contribution in [0.3, 0.4) is 0 Å². The molecule has 2 fully saturated rings. The molecule has 0 N–H and O–H groups in total. The van der Waals surface area contributed by atoms with Crippen LogP contribution in [0, 0.1) is 5.92 Å². The largest absolute Gasteiger partial charge is 0.356 e. The van der Waals surface area contributed by atoms with Crippen molar-refractivity contribution >= 4 is 22.6 Å². The third kappa shape index (κ3) is 2.83. The van der Waals surface area contributed by atoms with E-state index in [4.69, 9.17) is 0 Å². The van der Waals surface area contributed by atoms with Crippen molar-refractivity contribution in [3.8, 4) is 0 Å². The Morgan fingerprint density at radius 1 is 1.12 bits per heavy atom. The molecule has 1 unspecified atom stereocenters. The van der Waals surface area contributed by atoms with Crippen molar-refractivity contribution in [3.63, 3.8) is 0 Å². The number of amides is 1. The number of carbonyl (C=O) groups excluding carboxylic acids is 1. The molecule has 2 saturated heterocycles. The number of carbonyl (C=O) groups is 1. The molecule has 3 heterocycles. The minimum Gasteiger partial charge on any atom is -0.356 e. The maximum atomic E-state index is 12.9. The molecule has 5 nitrogen and oxygen atoms in total. The topological polar surface area (TPSA) is 49.3 Å². The number of fused-ring (bicyclic) bond motifs is 1. The maximum Gasteiger partial charge on any atom is 0.253 e. The fourth-order valence-corrected chi connectivity index (χ4v) is 3.91. The molecule has 2 aliphatic rings. The summed E-state index contributed by atoms with van der Waals surface area (Å²) in [6.07, 6.45) is 6.35. The Kier molecular flexibility index (Phi) is 4.08. The van der Waals surface area contributed by atoms with Gasteiger partial charge in [-0.3, -0.25) is 4.79 Å². The van der Waals surface area contributed by atoms with Gasteiger partial charge in [0.1, 0.15) is 12.1 Å². The third-order valence-corrected chi connectivity index (χ3v) is 5.21. The van der Waals surface area contributed by atoms with Gasteiger partial charge in [-0.05, 0) is 49.8 Å². The van der Waals surface area contributed by atoms with Gasteiger partial charge in [0.25, 0.3) is 5.91 Å². The molecule has 2 aromatic rings. The van der Waals surface area contributed by atoms with Crippen molar-refractivity contribution in [2.24, 2.45) is 5.92 Å². The van der Waals surface area contributed by atoms with E-state index >= 15 is 0 Å². The summed E-state index contributed by atoms with van der Waals surface area (Å²) in [5.74, 6) is 1.70. The highest BCUT2D eigenvalue weighted by Crippen LogP contribution is 2.27. The molecule has 126 valence electrons. The van der Waals surface area contributed by atoms with E-state index in [2.05, 4.69) is 21.8 Å². The summed E-state index contributed by atoms with van der Waals surface area (Å²) in [7, 11) is 0. The number of nitrogens with zero attached hydrogens (tertiary/aromatic N) is 4. The molecular formula is C19H24N4O. The van der Waals surface area contributed by atoms with Crippen LogP contribution in [-0.4, -0.2) is 47.0 Å². The first-order chi connectivity index (χ1) is 11.7. The molecule has 5 heteroatoms. The van der Waals surface area contributed by atoms with E-state index in [1.807, 2.05) is 23.1 Å². The van der Waals surface area contributed by atoms with Gasteiger partial charge in [-0.15, -0.1) is 0 Å². The van der Waals surface area contributed by atoms with E-state index < -0.39 is 0 Å². The van der Waals surface area contributed by atoms with Gasteiger partial charge in [0.15, 0.2) is 0 Å². The normalized spacial score (nSPS) is 21.5. The molecular weight excluding hydrogens is 300 g/mol. The van der Waals surface area contributed by atoms with E-state index in [0.29, 0.717) is 5.92 Å². The molecule has 2 aliphatic heterocycles. The zero-order chi connectivity index (χ0) is 16.5. The molecule has 0 aliphatic carbocycles. The number of hydrogen-bond acceptors (Lipinski definition) is 4. The van der Waals surface area contributed by atoms with E-state index in [1.165, 1.54) is 19.3 Å². The second-order valence-electron chi connectivity index (χ2n) is 7.12. The standard InChI is InChI=1S/C19H24N4O/c1-14-5-4-10-23(12-14)19(24)15-6-7-17-16(11-15)18(21-13-20-17)22-8-2-3-9-22/h6-7,11,13-14H,2-5,8-10,12H2,1H3. The highest BCUT2D eigenvalue weighted by Gasteiger charge is 2.23. The molecule has 0 bridgehead atoms. The Labute approximate surface area is 142 Å². The Morgan fingerprint density at radius 3 is 2.75 bits per heavy atom. The lowest BCUT2D eigenvalue weighted by Gasteiger charge is -2.31. The molecule has 4 rings (SSSR count). The molecule has 1 aromatic carbocycles. The Bertz CT molecular complexity index is 754. The van der Waals surface area contributed by atoms with Crippen LogP contribution < -0.4 is 4.90 Å². The molecule has 1 aromatic heterocycles. The van der Waals surface area contributed by atoms with E-state index in [0.717, 1.165) is 54.9 Å². The minimum absolute atomic E-state index is 0.139. The maximum absolute atomic E-state index is 12.9. The lowest BCUT2D eigenvalue weighted by Crippen LogP contribution is -2.39. The van der Waals surface area contributed by atoms with Gasteiger partial charge in [-0.25, -0.2) is 9.97 Å². The van der Waals surface area contributed by atoms with Crippen LogP contribution in [0.1, 0.15) is 43.0 Å². The Hall–Kier alpha value is -2.17. The molecule has 1 atom stereocenters. The zero-order valence-electron chi connectivity index (χ0n) is 14.2. The number of likely N-dealkylation sites (tertiary alicyclic amines) is 1.